The fourth-order valence-electron chi connectivity index (χ4n) is 4.73. The second-order valence-corrected chi connectivity index (χ2v) is 10.00. The molecule has 7 nitrogen and oxygen atoms in total. The van der Waals surface area contributed by atoms with Crippen LogP contribution in [0.3, 0.4) is 0 Å². The van der Waals surface area contributed by atoms with E-state index in [0.29, 0.717) is 41.3 Å². The Morgan fingerprint density at radius 2 is 1.56 bits per heavy atom. The molecule has 0 saturated carbocycles. The number of carboxylic acid groups (broad SMARTS) is 1. The Bertz CT molecular complexity index is 1690. The number of nitrogens with zero attached hydrogens (tertiary/aromatic N) is 1. The number of hydrogen-bond acceptors (Lipinski definition) is 6. The molecular weight excluding hydrogens is 512 g/mol. The number of para-hydroxylation sites is 2. The Labute approximate surface area is 229 Å². The molecule has 2 N–H and O–H groups in total. The number of aromatic nitrogens is 1. The zero-order valence-electron chi connectivity index (χ0n) is 21.6. The molecule has 0 aliphatic rings. The highest BCUT2D eigenvalue weighted by Gasteiger charge is 2.24. The molecule has 0 spiro atoms. The summed E-state index contributed by atoms with van der Waals surface area (Å²) in [4.78, 5) is 27.4. The van der Waals surface area contributed by atoms with Gasteiger partial charge in [-0.05, 0) is 29.3 Å². The van der Waals surface area contributed by atoms with Crippen LogP contribution >= 0.6 is 11.3 Å². The Hall–Kier alpha value is -4.40. The molecule has 2 heterocycles. The lowest BCUT2D eigenvalue weighted by atomic mass is 10.0. The van der Waals surface area contributed by atoms with E-state index in [0.717, 1.165) is 27.1 Å². The van der Waals surface area contributed by atoms with Gasteiger partial charge in [0.2, 0.25) is 5.43 Å². The molecule has 5 aromatic rings. The van der Waals surface area contributed by atoms with Crippen LogP contribution in [0, 0.1) is 0 Å². The summed E-state index contributed by atoms with van der Waals surface area (Å²) < 4.78 is 13.0. The summed E-state index contributed by atoms with van der Waals surface area (Å²) in [5.74, 6) is 0.104. The SMILES string of the molecule is COc1ccccc1Cn1cc(C(=O)O)c(=O)c2c(CNCc3ccccc3)c(-c3ccccc3OC)sc21. The van der Waals surface area contributed by atoms with Gasteiger partial charge < -0.3 is 24.5 Å². The van der Waals surface area contributed by atoms with Gasteiger partial charge in [0.15, 0.2) is 0 Å². The predicted molar refractivity (Wildman–Crippen MR) is 154 cm³/mol. The maximum absolute atomic E-state index is 13.7. The van der Waals surface area contributed by atoms with Crippen molar-refractivity contribution in [2.24, 2.45) is 0 Å². The molecule has 2 aromatic heterocycles. The first kappa shape index (κ1) is 26.2. The zero-order valence-corrected chi connectivity index (χ0v) is 22.5. The predicted octanol–water partition coefficient (Wildman–Crippen LogP) is 5.78. The Balaban J connectivity index is 1.72. The molecule has 0 aliphatic heterocycles. The van der Waals surface area contributed by atoms with Gasteiger partial charge in [0.25, 0.3) is 0 Å². The summed E-state index contributed by atoms with van der Waals surface area (Å²) in [5, 5.41) is 13.8. The van der Waals surface area contributed by atoms with Crippen LogP contribution in [-0.4, -0.2) is 29.9 Å². The average molecular weight is 541 g/mol. The molecule has 198 valence electrons. The number of thiophene rings is 1. The van der Waals surface area contributed by atoms with Crippen LogP contribution in [0.5, 0.6) is 11.5 Å². The fourth-order valence-corrected chi connectivity index (χ4v) is 6.05. The van der Waals surface area contributed by atoms with Gasteiger partial charge in [-0.3, -0.25) is 4.79 Å². The summed E-state index contributed by atoms with van der Waals surface area (Å²) in [7, 11) is 3.22. The number of nitrogens with one attached hydrogen (secondary N) is 1. The number of rotatable bonds is 10. The van der Waals surface area contributed by atoms with Crippen LogP contribution in [-0.2, 0) is 19.6 Å². The molecule has 0 fully saturated rings. The number of pyridine rings is 1. The van der Waals surface area contributed by atoms with Gasteiger partial charge in [-0.15, -0.1) is 11.3 Å². The van der Waals surface area contributed by atoms with Crippen molar-refractivity contribution in [1.29, 1.82) is 0 Å². The molecule has 0 saturated heterocycles. The van der Waals surface area contributed by atoms with E-state index in [2.05, 4.69) is 5.32 Å². The normalized spacial score (nSPS) is 11.0. The Morgan fingerprint density at radius 1 is 0.897 bits per heavy atom. The fraction of sp³-hybridized carbons (Fsp3) is 0.161. The zero-order chi connectivity index (χ0) is 27.4. The van der Waals surface area contributed by atoms with Gasteiger partial charge in [-0.25, -0.2) is 4.79 Å². The molecule has 0 aliphatic carbocycles. The highest BCUT2D eigenvalue weighted by molar-refractivity contribution is 7.22. The number of hydrogen-bond donors (Lipinski definition) is 2. The highest BCUT2D eigenvalue weighted by atomic mass is 32.1. The summed E-state index contributed by atoms with van der Waals surface area (Å²) >= 11 is 1.46. The van der Waals surface area contributed by atoms with E-state index >= 15 is 0 Å². The van der Waals surface area contributed by atoms with E-state index in [-0.39, 0.29) is 5.56 Å². The first-order chi connectivity index (χ1) is 19.0. The Kier molecular flexibility index (Phi) is 7.76. The second kappa shape index (κ2) is 11.6. The van der Waals surface area contributed by atoms with Crippen molar-refractivity contribution in [1.82, 2.24) is 9.88 Å². The molecule has 0 unspecified atom stereocenters. The summed E-state index contributed by atoms with van der Waals surface area (Å²) in [6.07, 6.45) is 1.43. The van der Waals surface area contributed by atoms with Crippen LogP contribution in [0.2, 0.25) is 0 Å². The van der Waals surface area contributed by atoms with Gasteiger partial charge in [-0.2, -0.15) is 0 Å². The lowest BCUT2D eigenvalue weighted by Gasteiger charge is -2.13. The molecule has 8 heteroatoms. The average Bonchev–Trinajstić information content (AvgIpc) is 3.35. The summed E-state index contributed by atoms with van der Waals surface area (Å²) in [5.41, 5.74) is 2.80. The summed E-state index contributed by atoms with van der Waals surface area (Å²) in [6, 6.07) is 25.2. The van der Waals surface area contributed by atoms with Crippen LogP contribution < -0.4 is 20.2 Å². The molecule has 5 rings (SSSR count). The van der Waals surface area contributed by atoms with Crippen molar-refractivity contribution in [2.75, 3.05) is 14.2 Å². The van der Waals surface area contributed by atoms with Crippen LogP contribution in [0.25, 0.3) is 20.7 Å². The summed E-state index contributed by atoms with van der Waals surface area (Å²) in [6.45, 7) is 1.30. The van der Waals surface area contributed by atoms with E-state index in [1.807, 2.05) is 83.4 Å². The molecule has 0 bridgehead atoms. The van der Waals surface area contributed by atoms with Gasteiger partial charge in [0, 0.05) is 35.3 Å². The van der Waals surface area contributed by atoms with Gasteiger partial charge in [0.1, 0.15) is 21.9 Å². The maximum atomic E-state index is 13.7. The minimum Gasteiger partial charge on any atom is -0.496 e. The van der Waals surface area contributed by atoms with Crippen molar-refractivity contribution in [3.05, 3.63) is 118 Å². The van der Waals surface area contributed by atoms with Gasteiger partial charge in [0.05, 0.1) is 26.2 Å². The number of aromatic carboxylic acids is 1. The number of carboxylic acids is 1. The molecule has 0 atom stereocenters. The van der Waals surface area contributed by atoms with E-state index in [1.54, 1.807) is 14.2 Å². The van der Waals surface area contributed by atoms with Crippen molar-refractivity contribution in [3.63, 3.8) is 0 Å². The molecule has 39 heavy (non-hydrogen) atoms. The number of fused-ring (bicyclic) bond motifs is 1. The van der Waals surface area contributed by atoms with Gasteiger partial charge >= 0.3 is 5.97 Å². The number of ether oxygens (including phenoxy) is 2. The Morgan fingerprint density at radius 3 is 2.28 bits per heavy atom. The first-order valence-corrected chi connectivity index (χ1v) is 13.3. The lowest BCUT2D eigenvalue weighted by Crippen LogP contribution is -2.20. The minimum absolute atomic E-state index is 0.272. The van der Waals surface area contributed by atoms with Crippen molar-refractivity contribution < 1.29 is 19.4 Å². The topological polar surface area (TPSA) is 89.8 Å². The van der Waals surface area contributed by atoms with E-state index in [4.69, 9.17) is 9.47 Å². The van der Waals surface area contributed by atoms with E-state index < -0.39 is 11.4 Å². The van der Waals surface area contributed by atoms with E-state index in [1.165, 1.54) is 17.5 Å². The second-order valence-electron chi connectivity index (χ2n) is 9.00. The third kappa shape index (κ3) is 5.30. The quantitative estimate of drug-likeness (QED) is 0.233. The van der Waals surface area contributed by atoms with Crippen LogP contribution in [0.15, 0.2) is 89.9 Å². The number of benzene rings is 3. The molecule has 3 aromatic carbocycles. The molecular formula is C31H28N2O5S. The third-order valence-electron chi connectivity index (χ3n) is 6.59. The monoisotopic (exact) mass is 540 g/mol. The number of carbonyl (C=O) groups is 1. The largest absolute Gasteiger partial charge is 0.496 e. The smallest absolute Gasteiger partial charge is 0.341 e. The highest BCUT2D eigenvalue weighted by Crippen LogP contribution is 2.42. The van der Waals surface area contributed by atoms with Crippen molar-refractivity contribution in [3.8, 4) is 21.9 Å². The first-order valence-electron chi connectivity index (χ1n) is 12.4. The molecule has 0 amide bonds. The van der Waals surface area contributed by atoms with Gasteiger partial charge in [-0.1, -0.05) is 60.7 Å². The van der Waals surface area contributed by atoms with Crippen molar-refractivity contribution in [2.45, 2.75) is 19.6 Å². The van der Waals surface area contributed by atoms with E-state index in [9.17, 15) is 14.7 Å². The maximum Gasteiger partial charge on any atom is 0.341 e. The lowest BCUT2D eigenvalue weighted by molar-refractivity contribution is 0.0695. The van der Waals surface area contributed by atoms with Crippen LogP contribution in [0.1, 0.15) is 27.0 Å². The number of methoxy groups -OCH3 is 2. The third-order valence-corrected chi connectivity index (χ3v) is 7.90. The van der Waals surface area contributed by atoms with Crippen molar-refractivity contribution >= 4 is 27.5 Å². The minimum atomic E-state index is -1.26. The molecule has 0 radical (unpaired) electrons. The van der Waals surface area contributed by atoms with Crippen LogP contribution in [0.4, 0.5) is 0 Å². The standard InChI is InChI=1S/C31H28N2O5S/c1-37-25-14-8-6-12-21(25)18-33-19-24(31(35)36)28(34)27-23(17-32-16-20-10-4-3-5-11-20)29(39-30(27)33)22-13-7-9-15-26(22)38-2/h3-15,19,32H,16-18H2,1-2H3,(H,35,36).